The summed E-state index contributed by atoms with van der Waals surface area (Å²) in [6.07, 6.45) is 0. The SMILES string of the molecule is CC(=O)c1cccc(NC(=O)c2cc(C(C)(C)C)oc2C)c1. The number of ketones is 1. The van der Waals surface area contributed by atoms with E-state index >= 15 is 0 Å². The molecule has 1 amide bonds. The van der Waals surface area contributed by atoms with Crippen molar-refractivity contribution in [2.45, 2.75) is 40.0 Å². The summed E-state index contributed by atoms with van der Waals surface area (Å²) in [6.45, 7) is 9.36. The van der Waals surface area contributed by atoms with Crippen LogP contribution in [-0.2, 0) is 5.41 Å². The number of benzene rings is 1. The van der Waals surface area contributed by atoms with Crippen LogP contribution in [0.1, 0.15) is 59.9 Å². The van der Waals surface area contributed by atoms with Crippen molar-refractivity contribution >= 4 is 17.4 Å². The lowest BCUT2D eigenvalue weighted by Crippen LogP contribution is -2.13. The van der Waals surface area contributed by atoms with E-state index in [2.05, 4.69) is 5.32 Å². The molecule has 0 aliphatic rings. The minimum Gasteiger partial charge on any atom is -0.465 e. The van der Waals surface area contributed by atoms with Crippen LogP contribution in [0.2, 0.25) is 0 Å². The molecule has 0 unspecified atom stereocenters. The van der Waals surface area contributed by atoms with Gasteiger partial charge in [-0.3, -0.25) is 9.59 Å². The van der Waals surface area contributed by atoms with Crippen molar-refractivity contribution in [3.8, 4) is 0 Å². The highest BCUT2D eigenvalue weighted by atomic mass is 16.3. The van der Waals surface area contributed by atoms with Gasteiger partial charge >= 0.3 is 0 Å². The van der Waals surface area contributed by atoms with E-state index in [9.17, 15) is 9.59 Å². The standard InChI is InChI=1S/C18H21NO3/c1-11(20)13-7-6-8-14(9-13)19-17(21)15-10-16(18(3,4)5)22-12(15)2/h6-10H,1-5H3,(H,19,21). The van der Waals surface area contributed by atoms with Gasteiger partial charge in [-0.25, -0.2) is 0 Å². The maximum absolute atomic E-state index is 12.4. The van der Waals surface area contributed by atoms with Crippen LogP contribution in [0.25, 0.3) is 0 Å². The molecule has 0 saturated carbocycles. The van der Waals surface area contributed by atoms with Gasteiger partial charge in [-0.15, -0.1) is 0 Å². The van der Waals surface area contributed by atoms with Crippen molar-refractivity contribution in [3.05, 3.63) is 53.0 Å². The molecule has 2 aromatic rings. The molecule has 0 bridgehead atoms. The number of hydrogen-bond acceptors (Lipinski definition) is 3. The first-order valence-corrected chi connectivity index (χ1v) is 7.22. The van der Waals surface area contributed by atoms with Gasteiger partial charge in [0.25, 0.3) is 5.91 Å². The van der Waals surface area contributed by atoms with Crippen LogP contribution < -0.4 is 5.32 Å². The Balaban J connectivity index is 2.25. The molecule has 1 aromatic carbocycles. The Morgan fingerprint density at radius 1 is 1.14 bits per heavy atom. The Bertz CT molecular complexity index is 720. The highest BCUT2D eigenvalue weighted by Gasteiger charge is 2.23. The smallest absolute Gasteiger partial charge is 0.259 e. The summed E-state index contributed by atoms with van der Waals surface area (Å²) in [5, 5.41) is 2.81. The summed E-state index contributed by atoms with van der Waals surface area (Å²) < 4.78 is 5.68. The van der Waals surface area contributed by atoms with Gasteiger partial charge in [0.15, 0.2) is 5.78 Å². The number of carbonyl (C=O) groups excluding carboxylic acids is 2. The molecule has 1 heterocycles. The molecule has 1 aromatic heterocycles. The first-order valence-electron chi connectivity index (χ1n) is 7.22. The van der Waals surface area contributed by atoms with E-state index in [0.717, 1.165) is 5.76 Å². The quantitative estimate of drug-likeness (QED) is 0.858. The molecule has 1 N–H and O–H groups in total. The maximum atomic E-state index is 12.4. The molecule has 22 heavy (non-hydrogen) atoms. The maximum Gasteiger partial charge on any atom is 0.259 e. The van der Waals surface area contributed by atoms with E-state index in [0.29, 0.717) is 22.6 Å². The second-order valence-corrected chi connectivity index (χ2v) is 6.42. The summed E-state index contributed by atoms with van der Waals surface area (Å²) in [5.41, 5.74) is 1.52. The first-order chi connectivity index (χ1) is 10.2. The molecule has 116 valence electrons. The Kier molecular flexibility index (Phi) is 4.22. The fraction of sp³-hybridized carbons (Fsp3) is 0.333. The van der Waals surface area contributed by atoms with Crippen molar-refractivity contribution in [1.82, 2.24) is 0 Å². The van der Waals surface area contributed by atoms with Crippen molar-refractivity contribution in [2.24, 2.45) is 0 Å². The predicted molar refractivity (Wildman–Crippen MR) is 86.5 cm³/mol. The van der Waals surface area contributed by atoms with E-state index in [1.165, 1.54) is 6.92 Å². The molecule has 4 nitrogen and oxygen atoms in total. The van der Waals surface area contributed by atoms with Crippen LogP contribution in [0.4, 0.5) is 5.69 Å². The average Bonchev–Trinajstić information content (AvgIpc) is 2.81. The topological polar surface area (TPSA) is 59.3 Å². The van der Waals surface area contributed by atoms with Gasteiger partial charge in [0, 0.05) is 16.7 Å². The van der Waals surface area contributed by atoms with E-state index in [-0.39, 0.29) is 17.1 Å². The van der Waals surface area contributed by atoms with Crippen LogP contribution in [0, 0.1) is 6.92 Å². The van der Waals surface area contributed by atoms with Gasteiger partial charge in [-0.1, -0.05) is 32.9 Å². The summed E-state index contributed by atoms with van der Waals surface area (Å²) in [4.78, 5) is 23.8. The Hall–Kier alpha value is -2.36. The second-order valence-electron chi connectivity index (χ2n) is 6.42. The van der Waals surface area contributed by atoms with Crippen molar-refractivity contribution in [2.75, 3.05) is 5.32 Å². The van der Waals surface area contributed by atoms with E-state index < -0.39 is 0 Å². The number of furan rings is 1. The van der Waals surface area contributed by atoms with Gasteiger partial charge in [-0.05, 0) is 32.0 Å². The fourth-order valence-electron chi connectivity index (χ4n) is 2.09. The minimum absolute atomic E-state index is 0.0365. The predicted octanol–water partition coefficient (Wildman–Crippen LogP) is 4.34. The average molecular weight is 299 g/mol. The van der Waals surface area contributed by atoms with Crippen molar-refractivity contribution < 1.29 is 14.0 Å². The van der Waals surface area contributed by atoms with E-state index in [1.54, 1.807) is 37.3 Å². The number of Topliss-reactive ketones (excluding diaryl/α,β-unsaturated/α-hetero) is 1. The van der Waals surface area contributed by atoms with Crippen LogP contribution in [-0.4, -0.2) is 11.7 Å². The third kappa shape index (κ3) is 3.45. The lowest BCUT2D eigenvalue weighted by Gasteiger charge is -2.13. The third-order valence-corrected chi connectivity index (χ3v) is 3.43. The molecule has 0 spiro atoms. The van der Waals surface area contributed by atoms with Crippen LogP contribution >= 0.6 is 0 Å². The number of anilines is 1. The highest BCUT2D eigenvalue weighted by Crippen LogP contribution is 2.27. The number of amides is 1. The van der Waals surface area contributed by atoms with Gasteiger partial charge in [-0.2, -0.15) is 0 Å². The summed E-state index contributed by atoms with van der Waals surface area (Å²) in [5.74, 6) is 1.08. The zero-order valence-electron chi connectivity index (χ0n) is 13.6. The molecule has 0 saturated heterocycles. The molecule has 0 fully saturated rings. The van der Waals surface area contributed by atoms with Crippen molar-refractivity contribution in [3.63, 3.8) is 0 Å². The second kappa shape index (κ2) is 5.79. The largest absolute Gasteiger partial charge is 0.465 e. The van der Waals surface area contributed by atoms with Gasteiger partial charge < -0.3 is 9.73 Å². The lowest BCUT2D eigenvalue weighted by atomic mass is 9.93. The molecule has 0 atom stereocenters. The fourth-order valence-corrected chi connectivity index (χ4v) is 2.09. The number of carbonyl (C=O) groups is 2. The highest BCUT2D eigenvalue weighted by molar-refractivity contribution is 6.05. The third-order valence-electron chi connectivity index (χ3n) is 3.43. The molecule has 0 aliphatic heterocycles. The molecular weight excluding hydrogens is 278 g/mol. The van der Waals surface area contributed by atoms with E-state index in [1.807, 2.05) is 20.8 Å². The summed E-state index contributed by atoms with van der Waals surface area (Å²) >= 11 is 0. The zero-order chi connectivity index (χ0) is 16.5. The van der Waals surface area contributed by atoms with Gasteiger partial charge in [0.05, 0.1) is 5.56 Å². The van der Waals surface area contributed by atoms with Gasteiger partial charge in [0.1, 0.15) is 11.5 Å². The monoisotopic (exact) mass is 299 g/mol. The summed E-state index contributed by atoms with van der Waals surface area (Å²) in [6, 6.07) is 8.66. The molecule has 0 aliphatic carbocycles. The van der Waals surface area contributed by atoms with Gasteiger partial charge in [0.2, 0.25) is 0 Å². The Morgan fingerprint density at radius 2 is 1.82 bits per heavy atom. The lowest BCUT2D eigenvalue weighted by molar-refractivity contribution is 0.101. The molecular formula is C18H21NO3. The molecule has 4 heteroatoms. The molecule has 2 rings (SSSR count). The molecule has 0 radical (unpaired) electrons. The number of aryl methyl sites for hydroxylation is 1. The van der Waals surface area contributed by atoms with Crippen LogP contribution in [0.5, 0.6) is 0 Å². The number of rotatable bonds is 3. The van der Waals surface area contributed by atoms with Crippen LogP contribution in [0.15, 0.2) is 34.7 Å². The van der Waals surface area contributed by atoms with Crippen molar-refractivity contribution in [1.29, 1.82) is 0 Å². The first kappa shape index (κ1) is 16.0. The minimum atomic E-state index is -0.238. The van der Waals surface area contributed by atoms with E-state index in [4.69, 9.17) is 4.42 Å². The normalized spacial score (nSPS) is 11.3. The number of hydrogen-bond donors (Lipinski definition) is 1. The number of nitrogens with one attached hydrogen (secondary N) is 1. The van der Waals surface area contributed by atoms with Crippen LogP contribution in [0.3, 0.4) is 0 Å². The Labute approximate surface area is 130 Å². The summed E-state index contributed by atoms with van der Waals surface area (Å²) in [7, 11) is 0. The zero-order valence-corrected chi connectivity index (χ0v) is 13.6. The Morgan fingerprint density at radius 3 is 2.36 bits per heavy atom.